The summed E-state index contributed by atoms with van der Waals surface area (Å²) in [4.78, 5) is 22.2. The van der Waals surface area contributed by atoms with Crippen LogP contribution in [0, 0.1) is 5.41 Å². The summed E-state index contributed by atoms with van der Waals surface area (Å²) in [5, 5.41) is 3.82. The molecule has 2 aromatic heterocycles. The van der Waals surface area contributed by atoms with Crippen LogP contribution in [0.4, 0.5) is 0 Å². The third-order valence-corrected chi connectivity index (χ3v) is 6.91. The Balaban J connectivity index is 1.17. The number of hydrogen-bond acceptors (Lipinski definition) is 5. The molecular weight excluding hydrogens is 394 g/mol. The predicted molar refractivity (Wildman–Crippen MR) is 110 cm³/mol. The van der Waals surface area contributed by atoms with Crippen molar-refractivity contribution in [3.05, 3.63) is 53.1 Å². The number of hydrogen-bond donors (Lipinski definition) is 1. The summed E-state index contributed by atoms with van der Waals surface area (Å²) in [5.74, 6) is 1.15. The van der Waals surface area contributed by atoms with E-state index in [0.29, 0.717) is 21.9 Å². The average Bonchev–Trinajstić information content (AvgIpc) is 3.04. The lowest BCUT2D eigenvalue weighted by Gasteiger charge is -2.57. The molecule has 0 bridgehead atoms. The lowest BCUT2D eigenvalue weighted by atomic mass is 9.50. The van der Waals surface area contributed by atoms with Crippen LogP contribution in [-0.2, 0) is 0 Å². The maximum absolute atomic E-state index is 12.4. The summed E-state index contributed by atoms with van der Waals surface area (Å²) in [6.07, 6.45) is 9.57. The highest BCUT2D eigenvalue weighted by atomic mass is 35.5. The second-order valence-electron chi connectivity index (χ2n) is 7.96. The number of carbonyl (C=O) groups excluding carboxylic acids is 1. The van der Waals surface area contributed by atoms with Crippen LogP contribution < -0.4 is 5.32 Å². The topological polar surface area (TPSA) is 68.0 Å². The number of nitrogens with one attached hydrogen (secondary N) is 1. The van der Waals surface area contributed by atoms with Gasteiger partial charge in [0.2, 0.25) is 0 Å². The van der Waals surface area contributed by atoms with Crippen molar-refractivity contribution in [2.45, 2.75) is 42.5 Å². The molecule has 1 amide bonds. The molecule has 1 spiro atoms. The van der Waals surface area contributed by atoms with Crippen molar-refractivity contribution in [3.63, 3.8) is 0 Å². The van der Waals surface area contributed by atoms with Gasteiger partial charge in [0, 0.05) is 34.3 Å². The highest BCUT2D eigenvalue weighted by molar-refractivity contribution is 7.98. The largest absolute Gasteiger partial charge is 0.440 e. The Morgan fingerprint density at radius 3 is 2.86 bits per heavy atom. The SMILES string of the molecule is CSc1cncc(C(=O)NC2CC3(C2)CC(c2nc4cc(Cl)ccc4o2)C3)c1. The van der Waals surface area contributed by atoms with Gasteiger partial charge in [-0.2, -0.15) is 0 Å². The smallest absolute Gasteiger partial charge is 0.253 e. The van der Waals surface area contributed by atoms with Gasteiger partial charge < -0.3 is 9.73 Å². The first-order valence-corrected chi connectivity index (χ1v) is 11.0. The Morgan fingerprint density at radius 2 is 2.07 bits per heavy atom. The minimum atomic E-state index is -0.0325. The Morgan fingerprint density at radius 1 is 1.25 bits per heavy atom. The predicted octanol–water partition coefficient (Wildman–Crippen LogP) is 5.05. The van der Waals surface area contributed by atoms with Gasteiger partial charge in [0.15, 0.2) is 11.5 Å². The second-order valence-corrected chi connectivity index (χ2v) is 9.28. The van der Waals surface area contributed by atoms with Crippen LogP contribution in [0.1, 0.15) is 47.8 Å². The minimum absolute atomic E-state index is 0.0325. The fraction of sp³-hybridized carbons (Fsp3) is 0.381. The van der Waals surface area contributed by atoms with Crippen LogP contribution in [0.5, 0.6) is 0 Å². The summed E-state index contributed by atoms with van der Waals surface area (Å²) in [5.41, 5.74) is 2.58. The van der Waals surface area contributed by atoms with Gasteiger partial charge in [0.1, 0.15) is 5.52 Å². The molecule has 0 atom stereocenters. The molecule has 28 heavy (non-hydrogen) atoms. The molecule has 5 rings (SSSR count). The van der Waals surface area contributed by atoms with Crippen LogP contribution >= 0.6 is 23.4 Å². The van der Waals surface area contributed by atoms with Gasteiger partial charge in [0.25, 0.3) is 5.91 Å². The first kappa shape index (κ1) is 18.0. The van der Waals surface area contributed by atoms with Gasteiger partial charge in [-0.1, -0.05) is 11.6 Å². The third-order valence-electron chi connectivity index (χ3n) is 5.98. The molecule has 7 heteroatoms. The number of benzene rings is 1. The number of thioether (sulfide) groups is 1. The summed E-state index contributed by atoms with van der Waals surface area (Å²) < 4.78 is 5.91. The van der Waals surface area contributed by atoms with Crippen molar-refractivity contribution in [2.24, 2.45) is 5.41 Å². The van der Waals surface area contributed by atoms with E-state index >= 15 is 0 Å². The number of oxazole rings is 1. The van der Waals surface area contributed by atoms with Crippen LogP contribution in [0.2, 0.25) is 5.02 Å². The van der Waals surface area contributed by atoms with Crippen LogP contribution in [0.3, 0.4) is 0 Å². The molecule has 0 unspecified atom stereocenters. The molecule has 144 valence electrons. The van der Waals surface area contributed by atoms with E-state index in [9.17, 15) is 4.79 Å². The van der Waals surface area contributed by atoms with E-state index in [0.717, 1.165) is 47.6 Å². The molecule has 1 aromatic carbocycles. The Kier molecular flexibility index (Phi) is 4.36. The first-order chi connectivity index (χ1) is 13.5. The van der Waals surface area contributed by atoms with Crippen LogP contribution in [-0.4, -0.2) is 28.2 Å². The van der Waals surface area contributed by atoms with Crippen molar-refractivity contribution >= 4 is 40.4 Å². The van der Waals surface area contributed by atoms with Gasteiger partial charge >= 0.3 is 0 Å². The van der Waals surface area contributed by atoms with E-state index in [2.05, 4.69) is 15.3 Å². The molecule has 5 nitrogen and oxygen atoms in total. The van der Waals surface area contributed by atoms with Crippen LogP contribution in [0.25, 0.3) is 11.1 Å². The van der Waals surface area contributed by atoms with E-state index in [-0.39, 0.29) is 11.9 Å². The minimum Gasteiger partial charge on any atom is -0.440 e. The summed E-state index contributed by atoms with van der Waals surface area (Å²) >= 11 is 7.62. The molecule has 2 saturated carbocycles. The Bertz CT molecular complexity index is 1050. The van der Waals surface area contributed by atoms with Crippen molar-refractivity contribution in [1.29, 1.82) is 0 Å². The maximum atomic E-state index is 12.4. The van der Waals surface area contributed by atoms with Gasteiger partial charge in [-0.25, -0.2) is 4.98 Å². The van der Waals surface area contributed by atoms with E-state index in [4.69, 9.17) is 16.0 Å². The molecule has 0 saturated heterocycles. The van der Waals surface area contributed by atoms with Gasteiger partial charge in [-0.3, -0.25) is 9.78 Å². The number of nitrogens with zero attached hydrogens (tertiary/aromatic N) is 2. The summed E-state index contributed by atoms with van der Waals surface area (Å²) in [6.45, 7) is 0. The molecule has 0 aliphatic heterocycles. The molecule has 2 heterocycles. The zero-order valence-corrected chi connectivity index (χ0v) is 17.0. The number of rotatable bonds is 4. The van der Waals surface area contributed by atoms with E-state index in [1.807, 2.05) is 30.5 Å². The second kappa shape index (κ2) is 6.78. The van der Waals surface area contributed by atoms with Crippen molar-refractivity contribution in [2.75, 3.05) is 6.26 Å². The summed E-state index contributed by atoms with van der Waals surface area (Å²) in [7, 11) is 0. The van der Waals surface area contributed by atoms with Crippen molar-refractivity contribution < 1.29 is 9.21 Å². The van der Waals surface area contributed by atoms with Crippen LogP contribution in [0.15, 0.2) is 46.0 Å². The van der Waals surface area contributed by atoms with Gasteiger partial charge in [-0.05, 0) is 61.6 Å². The number of aromatic nitrogens is 2. The highest BCUT2D eigenvalue weighted by Crippen LogP contribution is 2.61. The molecule has 0 radical (unpaired) electrons. The fourth-order valence-corrected chi connectivity index (χ4v) is 5.18. The molecule has 2 fully saturated rings. The maximum Gasteiger partial charge on any atom is 0.253 e. The Hall–Kier alpha value is -2.05. The van der Waals surface area contributed by atoms with Gasteiger partial charge in [0.05, 0.1) is 5.56 Å². The van der Waals surface area contributed by atoms with E-state index in [1.54, 1.807) is 24.2 Å². The van der Waals surface area contributed by atoms with Crippen molar-refractivity contribution in [3.8, 4) is 0 Å². The standard InChI is InChI=1S/C21H20ClN3O2S/c1-28-16-4-12(10-23-11-16)19(26)24-15-8-21(9-15)6-13(7-21)20-25-17-5-14(22)2-3-18(17)27-20/h2-5,10-11,13,15H,6-9H2,1H3,(H,24,26). The molecule has 2 aliphatic rings. The number of pyridine rings is 1. The number of amides is 1. The van der Waals surface area contributed by atoms with Crippen molar-refractivity contribution in [1.82, 2.24) is 15.3 Å². The summed E-state index contributed by atoms with van der Waals surface area (Å²) in [6, 6.07) is 7.67. The number of halogens is 1. The number of carbonyl (C=O) groups is 1. The first-order valence-electron chi connectivity index (χ1n) is 9.39. The van der Waals surface area contributed by atoms with Gasteiger partial charge in [-0.15, -0.1) is 11.8 Å². The number of fused-ring (bicyclic) bond motifs is 1. The average molecular weight is 414 g/mol. The highest BCUT2D eigenvalue weighted by Gasteiger charge is 2.54. The zero-order valence-electron chi connectivity index (χ0n) is 15.4. The normalized spacial score (nSPS) is 26.1. The van der Waals surface area contributed by atoms with E-state index in [1.165, 1.54) is 0 Å². The molecule has 2 aliphatic carbocycles. The van der Waals surface area contributed by atoms with E-state index < -0.39 is 0 Å². The molecule has 1 N–H and O–H groups in total. The lowest BCUT2D eigenvalue weighted by molar-refractivity contribution is -0.0253. The Labute approximate surface area is 172 Å². The zero-order chi connectivity index (χ0) is 19.3. The fourth-order valence-electron chi connectivity index (χ4n) is 4.60. The lowest BCUT2D eigenvalue weighted by Crippen LogP contribution is -2.55. The monoisotopic (exact) mass is 413 g/mol. The quantitative estimate of drug-likeness (QED) is 0.606. The molecule has 3 aromatic rings. The third kappa shape index (κ3) is 3.18. The molecular formula is C21H20ClN3O2S.